The number of hydrogen-bond acceptors (Lipinski definition) is 11. The molecule has 2 fully saturated rings. The number of rotatable bonds is 5. The van der Waals surface area contributed by atoms with Gasteiger partial charge in [-0.05, 0) is 62.7 Å². The average Bonchev–Trinajstić information content (AvgIpc) is 3.33. The molecule has 3 aliphatic carbocycles. The molecule has 2 unspecified atom stereocenters. The number of Topliss-reactive ketones (excluding diaryl/α,β-unsaturated/α-hetero) is 4. The van der Waals surface area contributed by atoms with Gasteiger partial charge < -0.3 is 25.2 Å². The van der Waals surface area contributed by atoms with Crippen LogP contribution in [0.5, 0.6) is 5.75 Å². The summed E-state index contributed by atoms with van der Waals surface area (Å²) in [5, 5.41) is 26.0. The summed E-state index contributed by atoms with van der Waals surface area (Å²) in [4.78, 5) is 72.3. The Hall–Kier alpha value is -4.16. The molecule has 1 aromatic carbocycles. The lowest BCUT2D eigenvalue weighted by molar-refractivity contribution is -0.181. The van der Waals surface area contributed by atoms with Gasteiger partial charge in [-0.25, -0.2) is 0 Å². The van der Waals surface area contributed by atoms with Crippen LogP contribution in [0.25, 0.3) is 11.3 Å². The third-order valence-corrected chi connectivity index (χ3v) is 8.12. The number of carbonyl (C=O) groups excluding carboxylic acids is 5. The quantitative estimate of drug-likeness (QED) is 0.268. The van der Waals surface area contributed by atoms with Gasteiger partial charge in [0.1, 0.15) is 30.6 Å². The normalized spacial score (nSPS) is 30.3. The minimum Gasteiger partial charge on any atom is -0.507 e. The molecule has 0 aliphatic heterocycles. The van der Waals surface area contributed by atoms with Crippen LogP contribution in [0.4, 0.5) is 0 Å². The van der Waals surface area contributed by atoms with Crippen molar-refractivity contribution in [1.82, 2.24) is 4.90 Å². The first kappa shape index (κ1) is 26.4. The van der Waals surface area contributed by atoms with E-state index < -0.39 is 64.4 Å². The highest BCUT2D eigenvalue weighted by atomic mass is 16.6. The second kappa shape index (κ2) is 9.24. The molecule has 12 nitrogen and oxygen atoms in total. The second-order valence-electron chi connectivity index (χ2n) is 10.4. The fourth-order valence-corrected chi connectivity index (χ4v) is 6.51. The standard InChI is InChI=1S/C27H27N3O9/c1-30(2)21-15-9-11-8-14-13(17-7-4-12(39-17)10-29-38-3)5-6-16(31)19(14)22(32)18(11)24(34)27(15,37)25(35)20(23(21)33)26(28)36/h4-7,10-11,15,18,20-21,31,37H,8-9H2,1-3H3,(H2,28,36)/t11-,15-,18?,20?,21-,27-/m0/s1. The molecule has 3 aliphatic rings. The first-order valence-corrected chi connectivity index (χ1v) is 12.3. The van der Waals surface area contributed by atoms with Crippen LogP contribution in [0.3, 0.4) is 0 Å². The van der Waals surface area contributed by atoms with E-state index in [4.69, 9.17) is 10.2 Å². The zero-order chi connectivity index (χ0) is 28.4. The van der Waals surface area contributed by atoms with E-state index in [0.717, 1.165) is 0 Å². The van der Waals surface area contributed by atoms with Crippen LogP contribution in [0, 0.1) is 23.7 Å². The first-order chi connectivity index (χ1) is 18.4. The number of aliphatic hydroxyl groups is 1. The van der Waals surface area contributed by atoms with Crippen LogP contribution in [0.15, 0.2) is 33.8 Å². The van der Waals surface area contributed by atoms with E-state index in [0.29, 0.717) is 22.6 Å². The number of benzene rings is 1. The summed E-state index contributed by atoms with van der Waals surface area (Å²) in [6.07, 6.45) is 1.44. The number of likely N-dealkylation sites (N-methyl/N-ethyl adjacent to an activating group) is 1. The van der Waals surface area contributed by atoms with Crippen molar-refractivity contribution in [2.45, 2.75) is 24.5 Å². The van der Waals surface area contributed by atoms with Crippen LogP contribution < -0.4 is 5.73 Å². The van der Waals surface area contributed by atoms with Crippen molar-refractivity contribution in [2.24, 2.45) is 34.6 Å². The highest BCUT2D eigenvalue weighted by Crippen LogP contribution is 2.51. The molecule has 1 heterocycles. The predicted molar refractivity (Wildman–Crippen MR) is 134 cm³/mol. The van der Waals surface area contributed by atoms with Crippen molar-refractivity contribution in [3.05, 3.63) is 41.2 Å². The molecule has 204 valence electrons. The summed E-state index contributed by atoms with van der Waals surface area (Å²) >= 11 is 0. The maximum absolute atomic E-state index is 13.9. The summed E-state index contributed by atoms with van der Waals surface area (Å²) in [6.45, 7) is 0. The summed E-state index contributed by atoms with van der Waals surface area (Å²) < 4.78 is 5.81. The largest absolute Gasteiger partial charge is 0.507 e. The van der Waals surface area contributed by atoms with E-state index in [2.05, 4.69) is 9.99 Å². The SMILES string of the molecule is CON=Cc1ccc(-c2ccc(O)c3c2C[C@H]2C[C@H]4[C@H](N(C)C)C(=O)C(C(N)=O)C(=O)[C@@]4(O)C(=O)C2C3=O)o1. The van der Waals surface area contributed by atoms with E-state index in [9.17, 15) is 34.2 Å². The van der Waals surface area contributed by atoms with Crippen LogP contribution in [0.2, 0.25) is 0 Å². The van der Waals surface area contributed by atoms with E-state index in [1.54, 1.807) is 18.2 Å². The van der Waals surface area contributed by atoms with Crippen molar-refractivity contribution in [3.8, 4) is 17.1 Å². The van der Waals surface area contributed by atoms with E-state index in [1.165, 1.54) is 38.4 Å². The molecule has 0 radical (unpaired) electrons. The van der Waals surface area contributed by atoms with Gasteiger partial charge in [-0.15, -0.1) is 0 Å². The lowest BCUT2D eigenvalue weighted by Gasteiger charge is -2.52. The number of furan rings is 1. The van der Waals surface area contributed by atoms with Crippen LogP contribution in [-0.2, 0) is 30.4 Å². The number of ketones is 4. The van der Waals surface area contributed by atoms with E-state index in [1.807, 2.05) is 0 Å². The monoisotopic (exact) mass is 537 g/mol. The van der Waals surface area contributed by atoms with Crippen molar-refractivity contribution in [3.63, 3.8) is 0 Å². The number of nitrogens with zero attached hydrogens (tertiary/aromatic N) is 2. The molecule has 39 heavy (non-hydrogen) atoms. The van der Waals surface area contributed by atoms with Gasteiger partial charge in [0.2, 0.25) is 5.91 Å². The Labute approximate surface area is 222 Å². The van der Waals surface area contributed by atoms with Gasteiger partial charge in [-0.3, -0.25) is 28.9 Å². The van der Waals surface area contributed by atoms with Gasteiger partial charge in [0.25, 0.3) is 0 Å². The number of primary amides is 1. The Morgan fingerprint density at radius 1 is 1.18 bits per heavy atom. The van der Waals surface area contributed by atoms with Gasteiger partial charge in [-0.1, -0.05) is 5.16 Å². The number of phenols is 1. The molecule has 5 rings (SSSR count). The Bertz CT molecular complexity index is 1460. The number of hydrogen-bond donors (Lipinski definition) is 3. The molecular formula is C27H27N3O9. The van der Waals surface area contributed by atoms with Crippen molar-refractivity contribution in [1.29, 1.82) is 0 Å². The molecule has 0 bridgehead atoms. The fourth-order valence-electron chi connectivity index (χ4n) is 6.51. The number of carbonyl (C=O) groups is 5. The second-order valence-corrected chi connectivity index (χ2v) is 10.4. The summed E-state index contributed by atoms with van der Waals surface area (Å²) in [5.41, 5.74) is 3.41. The Balaban J connectivity index is 1.62. The number of oxime groups is 1. The highest BCUT2D eigenvalue weighted by Gasteiger charge is 2.69. The summed E-state index contributed by atoms with van der Waals surface area (Å²) in [6, 6.07) is 5.04. The van der Waals surface area contributed by atoms with Crippen LogP contribution in [-0.4, -0.2) is 83.2 Å². The molecule has 2 aromatic rings. The third-order valence-electron chi connectivity index (χ3n) is 8.12. The van der Waals surface area contributed by atoms with E-state index >= 15 is 0 Å². The fraction of sp³-hybridized carbons (Fsp3) is 0.407. The van der Waals surface area contributed by atoms with Gasteiger partial charge in [0, 0.05) is 11.5 Å². The smallest absolute Gasteiger partial charge is 0.235 e. The lowest BCUT2D eigenvalue weighted by Crippen LogP contribution is -2.74. The topological polar surface area (TPSA) is 190 Å². The maximum Gasteiger partial charge on any atom is 0.235 e. The van der Waals surface area contributed by atoms with Gasteiger partial charge in [0.15, 0.2) is 34.7 Å². The number of aromatic hydroxyl groups is 1. The van der Waals surface area contributed by atoms with Crippen molar-refractivity contribution in [2.75, 3.05) is 21.2 Å². The molecule has 1 amide bonds. The molecule has 4 N–H and O–H groups in total. The third kappa shape index (κ3) is 3.73. The zero-order valence-corrected chi connectivity index (χ0v) is 21.4. The molecule has 0 saturated heterocycles. The van der Waals surface area contributed by atoms with Crippen LogP contribution >= 0.6 is 0 Å². The Morgan fingerprint density at radius 2 is 1.90 bits per heavy atom. The van der Waals surface area contributed by atoms with E-state index in [-0.39, 0.29) is 24.2 Å². The zero-order valence-electron chi connectivity index (χ0n) is 21.4. The first-order valence-electron chi connectivity index (χ1n) is 12.3. The van der Waals surface area contributed by atoms with Crippen LogP contribution in [0.1, 0.15) is 28.1 Å². The minimum atomic E-state index is -2.76. The number of fused-ring (bicyclic) bond motifs is 3. The van der Waals surface area contributed by atoms with Gasteiger partial charge in [0.05, 0.1) is 17.5 Å². The molecule has 6 atom stereocenters. The van der Waals surface area contributed by atoms with Gasteiger partial charge in [-0.2, -0.15) is 0 Å². The van der Waals surface area contributed by atoms with Crippen molar-refractivity contribution < 1.29 is 43.4 Å². The predicted octanol–water partition coefficient (Wildman–Crippen LogP) is 0.107. The average molecular weight is 538 g/mol. The molecule has 2 saturated carbocycles. The number of phenolic OH excluding ortho intramolecular Hbond substituents is 1. The summed E-state index contributed by atoms with van der Waals surface area (Å²) in [7, 11) is 4.45. The Kier molecular flexibility index (Phi) is 6.27. The number of nitrogens with two attached hydrogens (primary N) is 1. The molecule has 0 spiro atoms. The summed E-state index contributed by atoms with van der Waals surface area (Å²) in [5.74, 6) is -10.2. The van der Waals surface area contributed by atoms with Gasteiger partial charge >= 0.3 is 0 Å². The molecule has 1 aromatic heterocycles. The molecular weight excluding hydrogens is 510 g/mol. The molecule has 12 heteroatoms. The Morgan fingerprint density at radius 3 is 2.54 bits per heavy atom. The van der Waals surface area contributed by atoms with Crippen molar-refractivity contribution >= 4 is 35.3 Å². The minimum absolute atomic E-state index is 0.0388. The maximum atomic E-state index is 13.9. The number of amides is 1. The highest BCUT2D eigenvalue weighted by molar-refractivity contribution is 6.32. The lowest BCUT2D eigenvalue weighted by atomic mass is 9.52.